The smallest absolute Gasteiger partial charge is 0.123 e. The predicted octanol–water partition coefficient (Wildman–Crippen LogP) is 4.09. The lowest BCUT2D eigenvalue weighted by atomic mass is 10.1. The van der Waals surface area contributed by atoms with Gasteiger partial charge in [0.15, 0.2) is 0 Å². The molecular formula is C16H13ClFN3. The lowest BCUT2D eigenvalue weighted by Gasteiger charge is -2.12. The molecule has 21 heavy (non-hydrogen) atoms. The van der Waals surface area contributed by atoms with E-state index in [1.165, 1.54) is 12.1 Å². The highest BCUT2D eigenvalue weighted by atomic mass is 35.5. The van der Waals surface area contributed by atoms with Gasteiger partial charge in [-0.25, -0.2) is 9.07 Å². The second kappa shape index (κ2) is 5.66. The summed E-state index contributed by atoms with van der Waals surface area (Å²) in [5.74, 6) is 0.0889. The summed E-state index contributed by atoms with van der Waals surface area (Å²) in [6.07, 6.45) is 0. The molecule has 2 aromatic carbocycles. The maximum Gasteiger partial charge on any atom is 0.123 e. The molecule has 0 saturated carbocycles. The lowest BCUT2D eigenvalue weighted by Crippen LogP contribution is -2.05. The van der Waals surface area contributed by atoms with E-state index in [1.807, 2.05) is 31.2 Å². The van der Waals surface area contributed by atoms with Gasteiger partial charge in [0.05, 0.1) is 11.2 Å². The summed E-state index contributed by atoms with van der Waals surface area (Å²) in [6.45, 7) is 1.93. The number of benzene rings is 2. The van der Waals surface area contributed by atoms with Crippen molar-refractivity contribution >= 4 is 28.3 Å². The predicted molar refractivity (Wildman–Crippen MR) is 82.6 cm³/mol. The summed E-state index contributed by atoms with van der Waals surface area (Å²) in [5.41, 5.74) is 4.32. The van der Waals surface area contributed by atoms with Crippen LogP contribution in [0.2, 0.25) is 0 Å². The molecule has 3 rings (SSSR count). The minimum Gasteiger partial charge on any atom is -0.212 e. The molecule has 0 radical (unpaired) electrons. The average Bonchev–Trinajstić information content (AvgIpc) is 2.93. The zero-order valence-electron chi connectivity index (χ0n) is 11.4. The topological polar surface area (TPSA) is 30.7 Å². The third kappa shape index (κ3) is 2.54. The number of rotatable bonds is 3. The van der Waals surface area contributed by atoms with E-state index in [0.717, 1.165) is 27.9 Å². The van der Waals surface area contributed by atoms with E-state index in [-0.39, 0.29) is 5.82 Å². The molecule has 3 aromatic rings. The Kier molecular flexibility index (Phi) is 3.71. The number of nitrogens with zero attached hydrogens (tertiary/aromatic N) is 3. The van der Waals surface area contributed by atoms with Gasteiger partial charge < -0.3 is 0 Å². The molecule has 0 N–H and O–H groups in total. The van der Waals surface area contributed by atoms with Gasteiger partial charge in [0.25, 0.3) is 0 Å². The normalized spacial score (nSPS) is 12.5. The zero-order valence-corrected chi connectivity index (χ0v) is 12.2. The number of halogens is 2. The highest BCUT2D eigenvalue weighted by Crippen LogP contribution is 2.25. The molecule has 0 aliphatic carbocycles. The maximum absolute atomic E-state index is 13.2. The number of hydrogen-bond donors (Lipinski definition) is 0. The van der Waals surface area contributed by atoms with E-state index in [9.17, 15) is 4.39 Å². The molecule has 3 nitrogen and oxygen atoms in total. The van der Waals surface area contributed by atoms with Crippen LogP contribution in [0.25, 0.3) is 16.7 Å². The van der Waals surface area contributed by atoms with Gasteiger partial charge in [-0.2, -0.15) is 0 Å². The van der Waals surface area contributed by atoms with Crippen LogP contribution in [0.1, 0.15) is 12.5 Å². The van der Waals surface area contributed by atoms with Crippen molar-refractivity contribution < 1.29 is 4.39 Å². The van der Waals surface area contributed by atoms with E-state index < -0.39 is 0 Å². The van der Waals surface area contributed by atoms with Gasteiger partial charge in [0.1, 0.15) is 11.3 Å². The summed E-state index contributed by atoms with van der Waals surface area (Å²) < 4.78 is 14.9. The quantitative estimate of drug-likeness (QED) is 0.682. The molecular weight excluding hydrogens is 289 g/mol. The SMILES string of the molecule is C/C(CCl)=C(/c1ccc(F)cc1)n1nnc2ccccc21. The van der Waals surface area contributed by atoms with Crippen molar-refractivity contribution in [1.29, 1.82) is 0 Å². The Labute approximate surface area is 126 Å². The summed E-state index contributed by atoms with van der Waals surface area (Å²) in [7, 11) is 0. The molecule has 106 valence electrons. The summed E-state index contributed by atoms with van der Waals surface area (Å²) in [5, 5.41) is 8.38. The average molecular weight is 302 g/mol. The molecule has 0 unspecified atom stereocenters. The van der Waals surface area contributed by atoms with E-state index in [1.54, 1.807) is 16.8 Å². The molecule has 0 aliphatic rings. The summed E-state index contributed by atoms with van der Waals surface area (Å²) in [6, 6.07) is 14.0. The number of hydrogen-bond acceptors (Lipinski definition) is 2. The van der Waals surface area contributed by atoms with Crippen LogP contribution < -0.4 is 0 Å². The fraction of sp³-hybridized carbons (Fsp3) is 0.125. The largest absolute Gasteiger partial charge is 0.212 e. The lowest BCUT2D eigenvalue weighted by molar-refractivity contribution is 0.627. The van der Waals surface area contributed by atoms with Crippen molar-refractivity contribution in [2.75, 3.05) is 5.88 Å². The first-order valence-electron chi connectivity index (χ1n) is 6.53. The van der Waals surface area contributed by atoms with E-state index >= 15 is 0 Å². The molecule has 5 heteroatoms. The monoisotopic (exact) mass is 301 g/mol. The zero-order chi connectivity index (χ0) is 14.8. The number of aromatic nitrogens is 3. The second-order valence-corrected chi connectivity index (χ2v) is 5.03. The molecule has 0 saturated heterocycles. The van der Waals surface area contributed by atoms with E-state index in [4.69, 9.17) is 11.6 Å². The highest BCUT2D eigenvalue weighted by molar-refractivity contribution is 6.20. The number of alkyl halides is 1. The standard InChI is InChI=1S/C16H13ClFN3/c1-11(10-17)16(12-6-8-13(18)9-7-12)21-15-5-3-2-4-14(15)19-20-21/h2-9H,10H2,1H3/b16-11+. The van der Waals surface area contributed by atoms with Gasteiger partial charge >= 0.3 is 0 Å². The molecule has 1 aromatic heterocycles. The molecule has 0 fully saturated rings. The van der Waals surface area contributed by atoms with Gasteiger partial charge in [-0.1, -0.05) is 17.3 Å². The fourth-order valence-electron chi connectivity index (χ4n) is 2.25. The van der Waals surface area contributed by atoms with Crippen molar-refractivity contribution in [3.63, 3.8) is 0 Å². The van der Waals surface area contributed by atoms with Crippen molar-refractivity contribution in [3.05, 3.63) is 65.5 Å². The first kappa shape index (κ1) is 13.8. The molecule has 0 atom stereocenters. The Balaban J connectivity index is 2.24. The Bertz CT molecular complexity index is 806. The van der Waals surface area contributed by atoms with Gasteiger partial charge in [0, 0.05) is 11.4 Å². The number of allylic oxidation sites excluding steroid dienone is 1. The third-order valence-electron chi connectivity index (χ3n) is 3.29. The molecule has 1 heterocycles. The Morgan fingerprint density at radius 1 is 1.14 bits per heavy atom. The van der Waals surface area contributed by atoms with Crippen molar-refractivity contribution in [1.82, 2.24) is 15.0 Å². The minimum absolute atomic E-state index is 0.273. The van der Waals surface area contributed by atoms with Crippen LogP contribution in [-0.4, -0.2) is 20.9 Å². The van der Waals surface area contributed by atoms with Gasteiger partial charge in [-0.3, -0.25) is 0 Å². The summed E-state index contributed by atoms with van der Waals surface area (Å²) in [4.78, 5) is 0. The number of para-hydroxylation sites is 1. The highest BCUT2D eigenvalue weighted by Gasteiger charge is 2.13. The maximum atomic E-state index is 13.2. The minimum atomic E-state index is -0.273. The Morgan fingerprint density at radius 2 is 1.86 bits per heavy atom. The Morgan fingerprint density at radius 3 is 2.57 bits per heavy atom. The van der Waals surface area contributed by atoms with Crippen LogP contribution in [0.3, 0.4) is 0 Å². The van der Waals surface area contributed by atoms with Crippen LogP contribution in [0, 0.1) is 5.82 Å². The van der Waals surface area contributed by atoms with Crippen LogP contribution in [0.5, 0.6) is 0 Å². The van der Waals surface area contributed by atoms with Crippen molar-refractivity contribution in [2.24, 2.45) is 0 Å². The van der Waals surface area contributed by atoms with Crippen LogP contribution in [0.4, 0.5) is 4.39 Å². The molecule has 0 aliphatic heterocycles. The Hall–Kier alpha value is -2.20. The first-order chi connectivity index (χ1) is 10.2. The van der Waals surface area contributed by atoms with Crippen molar-refractivity contribution in [2.45, 2.75) is 6.92 Å². The number of fused-ring (bicyclic) bond motifs is 1. The third-order valence-corrected chi connectivity index (χ3v) is 3.69. The van der Waals surface area contributed by atoms with Crippen LogP contribution in [-0.2, 0) is 0 Å². The van der Waals surface area contributed by atoms with Gasteiger partial charge in [-0.05, 0) is 48.9 Å². The fourth-order valence-corrected chi connectivity index (χ4v) is 2.38. The summed E-state index contributed by atoms with van der Waals surface area (Å²) >= 11 is 6.00. The van der Waals surface area contributed by atoms with Gasteiger partial charge in [0.2, 0.25) is 0 Å². The van der Waals surface area contributed by atoms with E-state index in [2.05, 4.69) is 10.3 Å². The van der Waals surface area contributed by atoms with Crippen LogP contribution in [0.15, 0.2) is 54.1 Å². The van der Waals surface area contributed by atoms with Crippen LogP contribution >= 0.6 is 11.6 Å². The molecule has 0 spiro atoms. The molecule has 0 amide bonds. The van der Waals surface area contributed by atoms with E-state index in [0.29, 0.717) is 5.88 Å². The first-order valence-corrected chi connectivity index (χ1v) is 7.06. The second-order valence-electron chi connectivity index (χ2n) is 4.76. The molecule has 0 bridgehead atoms. The van der Waals surface area contributed by atoms with Gasteiger partial charge in [-0.15, -0.1) is 16.7 Å². The van der Waals surface area contributed by atoms with Crippen molar-refractivity contribution in [3.8, 4) is 0 Å².